The van der Waals surface area contributed by atoms with Crippen LogP contribution in [0, 0.1) is 11.8 Å². The van der Waals surface area contributed by atoms with Gasteiger partial charge in [-0.2, -0.15) is 0 Å². The van der Waals surface area contributed by atoms with E-state index in [1.807, 2.05) is 0 Å². The van der Waals surface area contributed by atoms with Gasteiger partial charge in [-0.3, -0.25) is 96.1 Å². The van der Waals surface area contributed by atoms with E-state index in [4.69, 9.17) is 16.6 Å². The number of unbranched alkanes of at least 4 members (excludes halogenated alkanes) is 8. The van der Waals surface area contributed by atoms with Crippen LogP contribution in [-0.2, 0) is 91.1 Å². The lowest BCUT2D eigenvalue weighted by Crippen LogP contribution is -2.67. The summed E-state index contributed by atoms with van der Waals surface area (Å²) in [5.74, 6) is -17.4. The Morgan fingerprint density at radius 1 is 0.400 bits per heavy atom. The number of amides is 17. The number of nitrogens with one attached hydrogen (secondary N) is 16. The third-order valence-electron chi connectivity index (χ3n) is 20.2. The summed E-state index contributed by atoms with van der Waals surface area (Å²) in [6.07, 6.45) is 10.7. The largest absolute Gasteiger partial charge is 0.480 e. The molecule has 680 valence electrons. The van der Waals surface area contributed by atoms with Crippen LogP contribution in [0.2, 0.25) is 0 Å². The standard InChI is InChI=1S/C80H140N20O20/c1-26-27-28-29-30-31-32-33-34-39-52(101)44(4)62(110)100-41-36-38-51(100)60(108)95-79(22,23)70(119)99-80(24,25)71(120)98-77(18,19)67(116)89-48(8)58(106)94-74(12,13)65(114)88-46(6)56(104)91-54(43(2)3)61(109)96-75(14,15)68(117)90-50(37-35-40-83-72(81)82)59(107)85-47(7)57(105)93-73(10,11)64(113)84-42-53(102)92-78(20,21)69(118)97-76(16,17)66(115)87-45(5)55(103)86-49(9)63(111)112/h43-51,54H,26-42H2,1-25H3,(H,84,113)(H,85,107)(H,86,103)(H,87,115)(H,88,114)(H,89,116)(H,90,117)(H,91,104)(H,92,102)(H,93,105)(H,94,106)(H,95,108)(H,96,109)(H,97,118)(H,98,120)(H,99,119)(H,111,112)(H4,81,82,83). The fraction of sp³-hybridized carbons (Fsp3) is 0.750. The highest BCUT2D eigenvalue weighted by molar-refractivity contribution is 6.05. The molecule has 1 rings (SSSR count). The number of aliphatic carboxylic acids is 1. The number of Topliss-reactive ketones (excluding diaryl/α,β-unsaturated/α-hetero) is 1. The van der Waals surface area contributed by atoms with Gasteiger partial charge in [-0.25, -0.2) is 0 Å². The summed E-state index contributed by atoms with van der Waals surface area (Å²) in [6, 6.07) is -10.3. The van der Waals surface area contributed by atoms with Crippen LogP contribution in [0.4, 0.5) is 0 Å². The SMILES string of the molecule is CCCCCCCCCCCC(=O)C(C)C(=O)N1CCCC1C(=O)NC(C)(C)C(=O)NC(C)(C)C(=O)NC(C)(C)C(=O)NC(C)C(=O)NC(C)(C)C(=O)NC(C)C(=O)NC(C(=O)NC(C)(C)C(=O)NC(CCCN=C(N)N)C(=O)NC(C)C(=O)NC(C)(C)C(=O)NCC(=O)NC(C)(C)C(=O)NC(C)(C)C(=O)NC(C)C(=O)NC(C)C(=O)O)C(C)C. The topological polar surface area (TPSA) is 605 Å². The van der Waals surface area contributed by atoms with E-state index < -0.39 is 217 Å². The van der Waals surface area contributed by atoms with Crippen LogP contribution in [0.5, 0.6) is 0 Å². The Bertz CT molecular complexity index is 3750. The van der Waals surface area contributed by atoms with E-state index in [-0.39, 0.29) is 44.1 Å². The van der Waals surface area contributed by atoms with E-state index in [9.17, 15) is 91.1 Å². The van der Waals surface area contributed by atoms with E-state index in [1.54, 1.807) is 20.8 Å². The summed E-state index contributed by atoms with van der Waals surface area (Å²) in [5, 5.41) is 49.1. The maximum Gasteiger partial charge on any atom is 0.325 e. The van der Waals surface area contributed by atoms with Crippen LogP contribution >= 0.6 is 0 Å². The molecule has 0 aliphatic carbocycles. The highest BCUT2D eigenvalue weighted by Gasteiger charge is 2.46. The molecule has 1 fully saturated rings. The smallest absolute Gasteiger partial charge is 0.325 e. The van der Waals surface area contributed by atoms with E-state index in [2.05, 4.69) is 97.0 Å². The maximum absolute atomic E-state index is 14.1. The van der Waals surface area contributed by atoms with Crippen molar-refractivity contribution in [2.24, 2.45) is 28.3 Å². The van der Waals surface area contributed by atoms with Crippen molar-refractivity contribution >= 4 is 118 Å². The van der Waals surface area contributed by atoms with Crippen LogP contribution < -0.4 is 96.5 Å². The molecule has 17 amide bonds. The molecule has 1 saturated heterocycles. The van der Waals surface area contributed by atoms with Gasteiger partial charge in [-0.05, 0) is 190 Å². The van der Waals surface area contributed by atoms with Crippen molar-refractivity contribution in [2.45, 2.75) is 356 Å². The Balaban J connectivity index is 3.01. The zero-order chi connectivity index (χ0) is 92.9. The molecule has 1 aliphatic heterocycles. The van der Waals surface area contributed by atoms with Gasteiger partial charge < -0.3 is 107 Å². The number of carbonyl (C=O) groups excluding carboxylic acids is 18. The van der Waals surface area contributed by atoms with Gasteiger partial charge in [0.25, 0.3) is 0 Å². The summed E-state index contributed by atoms with van der Waals surface area (Å²) in [7, 11) is 0. The number of rotatable bonds is 50. The second-order valence-electron chi connectivity index (χ2n) is 35.6. The normalized spacial score (nSPS) is 15.3. The van der Waals surface area contributed by atoms with Crippen molar-refractivity contribution in [1.82, 2.24) is 90.0 Å². The van der Waals surface area contributed by atoms with Crippen LogP contribution in [0.25, 0.3) is 0 Å². The lowest BCUT2D eigenvalue weighted by atomic mass is 9.96. The number of ketones is 1. The molecule has 0 spiro atoms. The van der Waals surface area contributed by atoms with Crippen LogP contribution in [0.1, 0.15) is 263 Å². The third-order valence-corrected chi connectivity index (χ3v) is 20.2. The molecule has 0 saturated carbocycles. The van der Waals surface area contributed by atoms with Crippen LogP contribution in [-0.4, -0.2) is 240 Å². The van der Waals surface area contributed by atoms with Crippen molar-refractivity contribution < 1.29 is 96.2 Å². The summed E-state index contributed by atoms with van der Waals surface area (Å²) < 4.78 is 0. The average Bonchev–Trinajstić information content (AvgIpc) is 0.909. The number of carbonyl (C=O) groups is 19. The molecule has 1 heterocycles. The first-order chi connectivity index (χ1) is 54.8. The molecule has 0 aromatic rings. The Morgan fingerprint density at radius 3 is 1.21 bits per heavy atom. The minimum absolute atomic E-state index is 0.0106. The average molecular weight is 1700 g/mol. The van der Waals surface area contributed by atoms with E-state index >= 15 is 0 Å². The van der Waals surface area contributed by atoms with E-state index in [0.717, 1.165) is 25.7 Å². The fourth-order valence-electron chi connectivity index (χ4n) is 11.7. The zero-order valence-electron chi connectivity index (χ0n) is 75.0. The molecular weight excluding hydrogens is 1560 g/mol. The van der Waals surface area contributed by atoms with Crippen molar-refractivity contribution in [3.05, 3.63) is 0 Å². The van der Waals surface area contributed by atoms with Crippen molar-refractivity contribution in [2.75, 3.05) is 19.6 Å². The first-order valence-corrected chi connectivity index (χ1v) is 41.0. The van der Waals surface area contributed by atoms with Gasteiger partial charge in [0.2, 0.25) is 100 Å². The number of hydrogen-bond acceptors (Lipinski definition) is 20. The minimum atomic E-state index is -1.84. The Hall–Kier alpha value is -10.6. The van der Waals surface area contributed by atoms with Crippen molar-refractivity contribution in [3.63, 3.8) is 0 Å². The molecule has 40 nitrogen and oxygen atoms in total. The zero-order valence-corrected chi connectivity index (χ0v) is 75.0. The molecule has 0 aromatic carbocycles. The number of likely N-dealkylation sites (tertiary alicyclic amines) is 1. The molecule has 9 unspecified atom stereocenters. The highest BCUT2D eigenvalue weighted by atomic mass is 16.4. The number of carboxylic acids is 1. The number of hydrogen-bond donors (Lipinski definition) is 19. The number of guanidine groups is 1. The number of nitrogens with zero attached hydrogens (tertiary/aromatic N) is 2. The quantitative estimate of drug-likeness (QED) is 0.0145. The minimum Gasteiger partial charge on any atom is -0.480 e. The van der Waals surface area contributed by atoms with E-state index in [1.165, 1.54) is 176 Å². The van der Waals surface area contributed by atoms with Gasteiger partial charge in [-0.1, -0.05) is 72.1 Å². The van der Waals surface area contributed by atoms with Gasteiger partial charge in [0.1, 0.15) is 98.4 Å². The Kier molecular flexibility index (Phi) is 41.4. The molecule has 0 radical (unpaired) electrons. The lowest BCUT2D eigenvalue weighted by Gasteiger charge is -2.35. The van der Waals surface area contributed by atoms with Gasteiger partial charge in [0.05, 0.1) is 12.5 Å². The molecule has 1 aliphatic rings. The summed E-state index contributed by atoms with van der Waals surface area (Å²) >= 11 is 0. The predicted octanol–water partition coefficient (Wildman–Crippen LogP) is -1.33. The highest BCUT2D eigenvalue weighted by Crippen LogP contribution is 2.24. The van der Waals surface area contributed by atoms with Gasteiger partial charge in [0.15, 0.2) is 5.96 Å². The Labute approximate surface area is 705 Å². The second-order valence-corrected chi connectivity index (χ2v) is 35.6. The summed E-state index contributed by atoms with van der Waals surface area (Å²) in [4.78, 5) is 261. The predicted molar refractivity (Wildman–Crippen MR) is 446 cm³/mol. The van der Waals surface area contributed by atoms with Gasteiger partial charge >= 0.3 is 5.97 Å². The van der Waals surface area contributed by atoms with Crippen LogP contribution in [0.15, 0.2) is 4.99 Å². The number of aliphatic imine (C=N–C) groups is 1. The van der Waals surface area contributed by atoms with Crippen LogP contribution in [0.3, 0.4) is 0 Å². The Morgan fingerprint density at radius 2 is 0.767 bits per heavy atom. The lowest BCUT2D eigenvalue weighted by molar-refractivity contribution is -0.146. The second kappa shape index (κ2) is 46.3. The molecular formula is C80H140N20O20. The first-order valence-electron chi connectivity index (χ1n) is 41.0. The first kappa shape index (κ1) is 107. The molecule has 21 N–H and O–H groups in total. The monoisotopic (exact) mass is 1700 g/mol. The van der Waals surface area contributed by atoms with Crippen molar-refractivity contribution in [3.8, 4) is 0 Å². The molecule has 0 bridgehead atoms. The van der Waals surface area contributed by atoms with Crippen molar-refractivity contribution in [1.29, 1.82) is 0 Å². The number of carboxylic acid groups (broad SMARTS) is 1. The maximum atomic E-state index is 14.1. The fourth-order valence-corrected chi connectivity index (χ4v) is 11.7. The van der Waals surface area contributed by atoms with Gasteiger partial charge in [-0.15, -0.1) is 0 Å². The summed E-state index contributed by atoms with van der Waals surface area (Å²) in [5.41, 5.74) is -2.84. The molecule has 0 aromatic heterocycles. The molecule has 120 heavy (non-hydrogen) atoms. The molecule has 9 atom stereocenters. The third kappa shape index (κ3) is 35.0. The van der Waals surface area contributed by atoms with Gasteiger partial charge in [0, 0.05) is 19.5 Å². The summed E-state index contributed by atoms with van der Waals surface area (Å²) in [6.45, 7) is 34.1. The molecule has 40 heteroatoms. The number of nitrogens with two attached hydrogens (primary N) is 2. The van der Waals surface area contributed by atoms with E-state index in [0.29, 0.717) is 19.3 Å².